The summed E-state index contributed by atoms with van der Waals surface area (Å²) >= 11 is 0. The van der Waals surface area contributed by atoms with Crippen LogP contribution in [0.4, 0.5) is 0 Å². The van der Waals surface area contributed by atoms with Gasteiger partial charge in [0.1, 0.15) is 0 Å². The number of rotatable bonds is 7. The van der Waals surface area contributed by atoms with Crippen molar-refractivity contribution < 1.29 is 9.90 Å². The minimum Gasteiger partial charge on any atom is -0.481 e. The normalized spacial score (nSPS) is 12.9. The molecule has 0 unspecified atom stereocenters. The van der Waals surface area contributed by atoms with E-state index in [1.807, 2.05) is 13.8 Å². The van der Waals surface area contributed by atoms with Gasteiger partial charge in [-0.25, -0.2) is 0 Å². The van der Waals surface area contributed by atoms with E-state index in [9.17, 15) is 4.79 Å². The molecule has 0 aliphatic heterocycles. The second-order valence-corrected chi connectivity index (χ2v) is 6.15. The highest BCUT2D eigenvalue weighted by molar-refractivity contribution is 5.67. The maximum absolute atomic E-state index is 10.7. The molecule has 0 heterocycles. The van der Waals surface area contributed by atoms with Gasteiger partial charge < -0.3 is 5.11 Å². The maximum atomic E-state index is 10.7. The zero-order valence-electron chi connectivity index (χ0n) is 10.9. The molecule has 0 saturated carbocycles. The van der Waals surface area contributed by atoms with Crippen LogP contribution in [0.25, 0.3) is 0 Å². The Morgan fingerprint density at radius 2 is 1.47 bits per heavy atom. The second-order valence-electron chi connectivity index (χ2n) is 6.15. The SMILES string of the molecule is CCCC(C)(C)CCC(C)(C)CC(=O)O. The van der Waals surface area contributed by atoms with E-state index >= 15 is 0 Å². The first-order chi connectivity index (χ1) is 6.68. The zero-order valence-corrected chi connectivity index (χ0v) is 10.9. The molecule has 0 aromatic rings. The van der Waals surface area contributed by atoms with Crippen molar-refractivity contribution >= 4 is 5.97 Å². The molecule has 0 aliphatic rings. The van der Waals surface area contributed by atoms with Gasteiger partial charge in [-0.15, -0.1) is 0 Å². The number of hydrogen-bond acceptors (Lipinski definition) is 1. The van der Waals surface area contributed by atoms with Crippen molar-refractivity contribution in [2.75, 3.05) is 0 Å². The quantitative estimate of drug-likeness (QED) is 0.693. The van der Waals surface area contributed by atoms with Crippen molar-refractivity contribution in [3.8, 4) is 0 Å². The van der Waals surface area contributed by atoms with E-state index in [-0.39, 0.29) is 11.8 Å². The van der Waals surface area contributed by atoms with E-state index in [4.69, 9.17) is 5.11 Å². The van der Waals surface area contributed by atoms with Gasteiger partial charge in [0, 0.05) is 0 Å². The van der Waals surface area contributed by atoms with Crippen LogP contribution in [0.15, 0.2) is 0 Å². The first kappa shape index (κ1) is 14.5. The zero-order chi connectivity index (χ0) is 12.1. The topological polar surface area (TPSA) is 37.3 Å². The highest BCUT2D eigenvalue weighted by atomic mass is 16.4. The molecule has 1 N–H and O–H groups in total. The van der Waals surface area contributed by atoms with Crippen molar-refractivity contribution in [2.24, 2.45) is 10.8 Å². The Morgan fingerprint density at radius 3 is 1.87 bits per heavy atom. The van der Waals surface area contributed by atoms with Gasteiger partial charge in [0.15, 0.2) is 0 Å². The third kappa shape index (κ3) is 7.40. The van der Waals surface area contributed by atoms with Crippen LogP contribution in [0.1, 0.15) is 66.7 Å². The van der Waals surface area contributed by atoms with Crippen LogP contribution in [-0.4, -0.2) is 11.1 Å². The number of carbonyl (C=O) groups is 1. The summed E-state index contributed by atoms with van der Waals surface area (Å²) in [5.74, 6) is -0.687. The standard InChI is InChI=1S/C13H26O2/c1-6-7-12(2,3)8-9-13(4,5)10-11(14)15/h6-10H2,1-5H3,(H,14,15). The molecule has 0 rings (SSSR count). The lowest BCUT2D eigenvalue weighted by atomic mass is 9.75. The van der Waals surface area contributed by atoms with Gasteiger partial charge in [0.2, 0.25) is 0 Å². The highest BCUT2D eigenvalue weighted by Crippen LogP contribution is 2.35. The Hall–Kier alpha value is -0.530. The molecule has 0 spiro atoms. The molecule has 0 aromatic heterocycles. The lowest BCUT2D eigenvalue weighted by Crippen LogP contribution is -2.21. The van der Waals surface area contributed by atoms with Crippen LogP contribution < -0.4 is 0 Å². The van der Waals surface area contributed by atoms with E-state index < -0.39 is 5.97 Å². The van der Waals surface area contributed by atoms with Crippen LogP contribution in [0, 0.1) is 10.8 Å². The Labute approximate surface area is 94.1 Å². The fourth-order valence-electron chi connectivity index (χ4n) is 1.98. The average molecular weight is 214 g/mol. The lowest BCUT2D eigenvalue weighted by molar-refractivity contribution is -0.139. The van der Waals surface area contributed by atoms with E-state index in [0.717, 1.165) is 12.8 Å². The molecule has 2 nitrogen and oxygen atoms in total. The molecule has 90 valence electrons. The molecular weight excluding hydrogens is 188 g/mol. The third-order valence-corrected chi connectivity index (χ3v) is 3.04. The fourth-order valence-corrected chi connectivity index (χ4v) is 1.98. The number of aliphatic carboxylic acids is 1. The minimum atomic E-state index is -0.687. The van der Waals surface area contributed by atoms with Crippen LogP contribution in [-0.2, 0) is 4.79 Å². The van der Waals surface area contributed by atoms with Gasteiger partial charge in [-0.3, -0.25) is 4.79 Å². The smallest absolute Gasteiger partial charge is 0.303 e. The fraction of sp³-hybridized carbons (Fsp3) is 0.923. The summed E-state index contributed by atoms with van der Waals surface area (Å²) in [5, 5.41) is 8.78. The first-order valence-electron chi connectivity index (χ1n) is 5.90. The van der Waals surface area contributed by atoms with Crippen molar-refractivity contribution in [2.45, 2.75) is 66.7 Å². The second kappa shape index (κ2) is 5.53. The van der Waals surface area contributed by atoms with Crippen LogP contribution in [0.5, 0.6) is 0 Å². The highest BCUT2D eigenvalue weighted by Gasteiger charge is 2.25. The Morgan fingerprint density at radius 1 is 1.00 bits per heavy atom. The van der Waals surface area contributed by atoms with Crippen molar-refractivity contribution in [3.05, 3.63) is 0 Å². The molecule has 0 amide bonds. The minimum absolute atomic E-state index is 0.0726. The Balaban J connectivity index is 4.07. The molecule has 0 saturated heterocycles. The molecule has 2 heteroatoms. The number of carboxylic acids is 1. The summed E-state index contributed by atoms with van der Waals surface area (Å²) in [6.45, 7) is 10.8. The summed E-state index contributed by atoms with van der Waals surface area (Å²) < 4.78 is 0. The summed E-state index contributed by atoms with van der Waals surface area (Å²) in [7, 11) is 0. The summed E-state index contributed by atoms with van der Waals surface area (Å²) in [6.07, 6.45) is 4.80. The molecule has 0 radical (unpaired) electrons. The summed E-state index contributed by atoms with van der Waals surface area (Å²) in [4.78, 5) is 10.7. The van der Waals surface area contributed by atoms with Gasteiger partial charge in [-0.2, -0.15) is 0 Å². The first-order valence-corrected chi connectivity index (χ1v) is 5.90. The Bertz CT molecular complexity index is 205. The van der Waals surface area contributed by atoms with E-state index in [2.05, 4.69) is 20.8 Å². The summed E-state index contributed by atoms with van der Waals surface area (Å²) in [5.41, 5.74) is 0.279. The monoisotopic (exact) mass is 214 g/mol. The Kier molecular flexibility index (Phi) is 5.33. The summed E-state index contributed by atoms with van der Waals surface area (Å²) in [6, 6.07) is 0. The predicted octanol–water partition coefficient (Wildman–Crippen LogP) is 4.09. The molecule has 0 atom stereocenters. The molecular formula is C13H26O2. The van der Waals surface area contributed by atoms with Crippen LogP contribution >= 0.6 is 0 Å². The van der Waals surface area contributed by atoms with Gasteiger partial charge in [-0.05, 0) is 30.1 Å². The van der Waals surface area contributed by atoms with Crippen LogP contribution in [0.2, 0.25) is 0 Å². The van der Waals surface area contributed by atoms with Crippen molar-refractivity contribution in [1.82, 2.24) is 0 Å². The molecule has 0 fully saturated rings. The number of carboxylic acid groups (broad SMARTS) is 1. The largest absolute Gasteiger partial charge is 0.481 e. The number of hydrogen-bond donors (Lipinski definition) is 1. The lowest BCUT2D eigenvalue weighted by Gasteiger charge is -2.30. The van der Waals surface area contributed by atoms with E-state index in [1.54, 1.807) is 0 Å². The average Bonchev–Trinajstić information content (AvgIpc) is 1.99. The van der Waals surface area contributed by atoms with Crippen molar-refractivity contribution in [3.63, 3.8) is 0 Å². The molecule has 0 aromatic carbocycles. The molecule has 0 aliphatic carbocycles. The van der Waals surface area contributed by atoms with Gasteiger partial charge >= 0.3 is 5.97 Å². The van der Waals surface area contributed by atoms with E-state index in [1.165, 1.54) is 12.8 Å². The maximum Gasteiger partial charge on any atom is 0.303 e. The van der Waals surface area contributed by atoms with Gasteiger partial charge in [0.25, 0.3) is 0 Å². The third-order valence-electron chi connectivity index (χ3n) is 3.04. The van der Waals surface area contributed by atoms with Gasteiger partial charge in [-0.1, -0.05) is 41.0 Å². The van der Waals surface area contributed by atoms with E-state index in [0.29, 0.717) is 5.41 Å². The predicted molar refractivity (Wildman–Crippen MR) is 64.0 cm³/mol. The molecule has 0 bridgehead atoms. The van der Waals surface area contributed by atoms with Crippen LogP contribution in [0.3, 0.4) is 0 Å². The molecule has 15 heavy (non-hydrogen) atoms. The van der Waals surface area contributed by atoms with Gasteiger partial charge in [0.05, 0.1) is 6.42 Å². The van der Waals surface area contributed by atoms with Crippen molar-refractivity contribution in [1.29, 1.82) is 0 Å².